The minimum atomic E-state index is -2.00. The zero-order valence-electron chi connectivity index (χ0n) is 8.91. The Kier molecular flexibility index (Phi) is 3.74. The van der Waals surface area contributed by atoms with E-state index in [-0.39, 0.29) is 11.8 Å². The van der Waals surface area contributed by atoms with E-state index in [4.69, 9.17) is 4.74 Å². The third-order valence-corrected chi connectivity index (χ3v) is 2.91. The number of halogens is 1. The molecule has 0 spiro atoms. The van der Waals surface area contributed by atoms with Crippen LogP contribution in [0.4, 0.5) is 4.39 Å². The largest absolute Gasteiger partial charge is 0.495 e. The number of carbonyl (C=O) groups excluding carboxylic acids is 1. The maximum absolute atomic E-state index is 13.9. The van der Waals surface area contributed by atoms with Crippen LogP contribution in [0, 0.1) is 0 Å². The highest BCUT2D eigenvalue weighted by molar-refractivity contribution is 7.98. The SMILES string of the molecule is COc1c(SC)cccc1C(C)(F)C=O. The van der Waals surface area contributed by atoms with Gasteiger partial charge in [-0.1, -0.05) is 12.1 Å². The van der Waals surface area contributed by atoms with Gasteiger partial charge in [0.2, 0.25) is 0 Å². The van der Waals surface area contributed by atoms with Crippen LogP contribution in [-0.2, 0) is 10.5 Å². The van der Waals surface area contributed by atoms with Gasteiger partial charge in [0, 0.05) is 10.5 Å². The average molecular weight is 228 g/mol. The molecule has 1 aromatic carbocycles. The number of benzene rings is 1. The normalized spacial score (nSPS) is 14.4. The van der Waals surface area contributed by atoms with Gasteiger partial charge < -0.3 is 4.74 Å². The van der Waals surface area contributed by atoms with Crippen LogP contribution in [0.5, 0.6) is 5.75 Å². The molecule has 82 valence electrons. The van der Waals surface area contributed by atoms with Crippen LogP contribution in [-0.4, -0.2) is 19.7 Å². The molecule has 0 saturated carbocycles. The van der Waals surface area contributed by atoms with Crippen molar-refractivity contribution in [1.82, 2.24) is 0 Å². The van der Waals surface area contributed by atoms with Crippen molar-refractivity contribution >= 4 is 18.0 Å². The first kappa shape index (κ1) is 12.0. The van der Waals surface area contributed by atoms with E-state index in [1.807, 2.05) is 12.3 Å². The number of hydrogen-bond donors (Lipinski definition) is 0. The van der Waals surface area contributed by atoms with Gasteiger partial charge in [-0.05, 0) is 19.2 Å². The highest BCUT2D eigenvalue weighted by Crippen LogP contribution is 2.37. The molecule has 0 bridgehead atoms. The lowest BCUT2D eigenvalue weighted by Crippen LogP contribution is -2.18. The Labute approximate surface area is 92.8 Å². The standard InChI is InChI=1S/C11H13FO2S/c1-11(12,7-13)8-5-4-6-9(15-3)10(8)14-2/h4-7H,1-3H3. The number of thioether (sulfide) groups is 1. The molecule has 0 aromatic heterocycles. The second-order valence-corrected chi connectivity index (χ2v) is 4.08. The number of ether oxygens (including phenoxy) is 1. The molecule has 4 heteroatoms. The van der Waals surface area contributed by atoms with Gasteiger partial charge in [-0.15, -0.1) is 11.8 Å². The molecule has 0 N–H and O–H groups in total. The van der Waals surface area contributed by atoms with Gasteiger partial charge in [-0.25, -0.2) is 4.39 Å². The van der Waals surface area contributed by atoms with Crippen molar-refractivity contribution < 1.29 is 13.9 Å². The van der Waals surface area contributed by atoms with Crippen molar-refractivity contribution in [3.8, 4) is 5.75 Å². The fourth-order valence-corrected chi connectivity index (χ4v) is 1.93. The van der Waals surface area contributed by atoms with E-state index in [0.29, 0.717) is 5.75 Å². The molecular weight excluding hydrogens is 215 g/mol. The highest BCUT2D eigenvalue weighted by Gasteiger charge is 2.29. The topological polar surface area (TPSA) is 26.3 Å². The summed E-state index contributed by atoms with van der Waals surface area (Å²) in [5.41, 5.74) is -1.73. The van der Waals surface area contributed by atoms with Gasteiger partial charge in [0.1, 0.15) is 5.75 Å². The van der Waals surface area contributed by atoms with E-state index >= 15 is 0 Å². The number of rotatable bonds is 4. The molecule has 0 saturated heterocycles. The average Bonchev–Trinajstić information content (AvgIpc) is 2.27. The summed E-state index contributed by atoms with van der Waals surface area (Å²) in [6.45, 7) is 1.22. The summed E-state index contributed by atoms with van der Waals surface area (Å²) >= 11 is 1.45. The summed E-state index contributed by atoms with van der Waals surface area (Å²) in [6, 6.07) is 5.10. The van der Waals surface area contributed by atoms with E-state index in [0.717, 1.165) is 4.90 Å². The lowest BCUT2D eigenvalue weighted by atomic mass is 9.98. The minimum Gasteiger partial charge on any atom is -0.495 e. The lowest BCUT2D eigenvalue weighted by Gasteiger charge is -2.18. The van der Waals surface area contributed by atoms with Crippen molar-refractivity contribution in [2.75, 3.05) is 13.4 Å². The summed E-state index contributed by atoms with van der Waals surface area (Å²) < 4.78 is 19.0. The Hall–Kier alpha value is -1.03. The molecular formula is C11H13FO2S. The van der Waals surface area contributed by atoms with Gasteiger partial charge in [0.15, 0.2) is 12.0 Å². The summed E-state index contributed by atoms with van der Waals surface area (Å²) in [7, 11) is 1.47. The predicted octanol–water partition coefficient (Wildman–Crippen LogP) is 2.80. The molecule has 0 heterocycles. The fraction of sp³-hybridized carbons (Fsp3) is 0.364. The first-order chi connectivity index (χ1) is 7.06. The third-order valence-electron chi connectivity index (χ3n) is 2.15. The van der Waals surface area contributed by atoms with Crippen molar-refractivity contribution in [3.63, 3.8) is 0 Å². The predicted molar refractivity (Wildman–Crippen MR) is 59.3 cm³/mol. The summed E-state index contributed by atoms with van der Waals surface area (Å²) in [4.78, 5) is 11.5. The van der Waals surface area contributed by atoms with Crippen LogP contribution in [0.2, 0.25) is 0 Å². The summed E-state index contributed by atoms with van der Waals surface area (Å²) in [5.74, 6) is 0.433. The fourth-order valence-electron chi connectivity index (χ4n) is 1.34. The van der Waals surface area contributed by atoms with Gasteiger partial charge in [-0.3, -0.25) is 4.79 Å². The molecule has 0 aliphatic heterocycles. The Morgan fingerprint density at radius 1 is 1.53 bits per heavy atom. The Balaban J connectivity index is 3.35. The van der Waals surface area contributed by atoms with Gasteiger partial charge >= 0.3 is 0 Å². The van der Waals surface area contributed by atoms with Crippen molar-refractivity contribution in [1.29, 1.82) is 0 Å². The van der Waals surface area contributed by atoms with E-state index in [1.54, 1.807) is 12.1 Å². The van der Waals surface area contributed by atoms with Crippen molar-refractivity contribution in [3.05, 3.63) is 23.8 Å². The number of aldehydes is 1. The van der Waals surface area contributed by atoms with Gasteiger partial charge in [0.05, 0.1) is 7.11 Å². The van der Waals surface area contributed by atoms with Crippen LogP contribution in [0.25, 0.3) is 0 Å². The number of para-hydroxylation sites is 1. The molecule has 0 fully saturated rings. The number of hydrogen-bond acceptors (Lipinski definition) is 3. The zero-order chi connectivity index (χ0) is 11.5. The molecule has 15 heavy (non-hydrogen) atoms. The van der Waals surface area contributed by atoms with E-state index in [2.05, 4.69) is 0 Å². The first-order valence-corrected chi connectivity index (χ1v) is 5.66. The second kappa shape index (κ2) is 4.66. The first-order valence-electron chi connectivity index (χ1n) is 4.43. The van der Waals surface area contributed by atoms with Crippen molar-refractivity contribution in [2.24, 2.45) is 0 Å². The highest BCUT2D eigenvalue weighted by atomic mass is 32.2. The molecule has 1 aromatic rings. The number of methoxy groups -OCH3 is 1. The van der Waals surface area contributed by atoms with Gasteiger partial charge in [0.25, 0.3) is 0 Å². The van der Waals surface area contributed by atoms with Crippen LogP contribution in [0.15, 0.2) is 23.1 Å². The Bertz CT molecular complexity index is 364. The maximum atomic E-state index is 13.9. The zero-order valence-corrected chi connectivity index (χ0v) is 9.73. The molecule has 2 nitrogen and oxygen atoms in total. The van der Waals surface area contributed by atoms with Crippen LogP contribution >= 0.6 is 11.8 Å². The number of alkyl halides is 1. The van der Waals surface area contributed by atoms with Crippen LogP contribution in [0.1, 0.15) is 12.5 Å². The molecule has 1 rings (SSSR count). The lowest BCUT2D eigenvalue weighted by molar-refractivity contribution is -0.117. The Morgan fingerprint density at radius 2 is 2.20 bits per heavy atom. The van der Waals surface area contributed by atoms with E-state index in [9.17, 15) is 9.18 Å². The molecule has 0 radical (unpaired) electrons. The maximum Gasteiger partial charge on any atom is 0.191 e. The quantitative estimate of drug-likeness (QED) is 0.585. The molecule has 1 atom stereocenters. The number of carbonyl (C=O) groups is 1. The van der Waals surface area contributed by atoms with Crippen molar-refractivity contribution in [2.45, 2.75) is 17.5 Å². The van der Waals surface area contributed by atoms with E-state index < -0.39 is 5.67 Å². The molecule has 0 aliphatic carbocycles. The molecule has 0 amide bonds. The van der Waals surface area contributed by atoms with Gasteiger partial charge in [-0.2, -0.15) is 0 Å². The summed E-state index contributed by atoms with van der Waals surface area (Å²) in [5, 5.41) is 0. The molecule has 1 unspecified atom stereocenters. The third kappa shape index (κ3) is 2.31. The summed E-state index contributed by atoms with van der Waals surface area (Å²) in [6.07, 6.45) is 2.16. The van der Waals surface area contributed by atoms with E-state index in [1.165, 1.54) is 25.8 Å². The van der Waals surface area contributed by atoms with Crippen LogP contribution < -0.4 is 4.74 Å². The smallest absolute Gasteiger partial charge is 0.191 e. The second-order valence-electron chi connectivity index (χ2n) is 3.23. The Morgan fingerprint density at radius 3 is 2.67 bits per heavy atom. The minimum absolute atomic E-state index is 0.270. The van der Waals surface area contributed by atoms with Crippen LogP contribution in [0.3, 0.4) is 0 Å². The monoisotopic (exact) mass is 228 g/mol. The molecule has 0 aliphatic rings.